The molecule has 0 amide bonds. The van der Waals surface area contributed by atoms with Crippen molar-refractivity contribution in [3.8, 4) is 0 Å². The summed E-state index contributed by atoms with van der Waals surface area (Å²) in [4.78, 5) is 0. The topological polar surface area (TPSA) is 32.8 Å². The van der Waals surface area contributed by atoms with Gasteiger partial charge in [-0.15, -0.1) is 0 Å². The van der Waals surface area contributed by atoms with Crippen LogP contribution in [0.1, 0.15) is 0 Å². The van der Waals surface area contributed by atoms with E-state index in [0.29, 0.717) is 6.61 Å². The molecule has 68 valence electrons. The highest BCUT2D eigenvalue weighted by atomic mass is 127. The van der Waals surface area contributed by atoms with Crippen LogP contribution in [-0.2, 0) is 4.74 Å². The third-order valence-corrected chi connectivity index (χ3v) is 1.67. The number of ether oxygens (including phenoxy) is 1. The van der Waals surface area contributed by atoms with E-state index in [4.69, 9.17) is 5.11 Å². The zero-order valence-corrected chi connectivity index (χ0v) is 8.13. The van der Waals surface area contributed by atoms with E-state index in [2.05, 4.69) is 4.74 Å². The van der Waals surface area contributed by atoms with Crippen LogP contribution < -0.4 is 0 Å². The van der Waals surface area contributed by atoms with Gasteiger partial charge in [0, 0.05) is 0 Å². The molecule has 2 atom stereocenters. The molecule has 0 bridgehead atoms. The molecule has 5 heteroatoms. The minimum Gasteiger partial charge on any atom is -0.395 e. The first-order valence-electron chi connectivity index (χ1n) is 3.23. The summed E-state index contributed by atoms with van der Waals surface area (Å²) in [7, 11) is 0. The predicted molar refractivity (Wildman–Crippen MR) is 46.6 cm³/mol. The van der Waals surface area contributed by atoms with Gasteiger partial charge in [-0.2, -0.15) is 0 Å². The molecule has 0 radical (unpaired) electrons. The summed E-state index contributed by atoms with van der Waals surface area (Å²) < 4.78 is 26.5. The molecular formula is C6H11F2IO2. The average molecular weight is 280 g/mol. The van der Waals surface area contributed by atoms with Crippen LogP contribution in [-0.4, -0.2) is 41.7 Å². The maximum Gasteiger partial charge on any atom is 0.118 e. The lowest BCUT2D eigenvalue weighted by Gasteiger charge is -1.93. The van der Waals surface area contributed by atoms with E-state index in [-0.39, 0.29) is 23.3 Å². The van der Waals surface area contributed by atoms with Gasteiger partial charge in [0.2, 0.25) is 0 Å². The molecule has 11 heavy (non-hydrogen) atoms. The van der Waals surface area contributed by atoms with Crippen molar-refractivity contribution in [2.24, 2.45) is 0 Å². The number of hydrogen-bond donors (Lipinski definition) is 1. The summed E-state index contributed by atoms with van der Waals surface area (Å²) in [6.07, 6.45) is -0.0324. The number of aliphatic hydroxyl groups is 1. The Morgan fingerprint density at radius 2 is 2.18 bits per heavy atom. The second-order valence-electron chi connectivity index (χ2n) is 2.04. The maximum absolute atomic E-state index is 11.2. The highest BCUT2D eigenvalue weighted by Crippen LogP contribution is 2.07. The number of rotatable bonds is 3. The third-order valence-electron chi connectivity index (χ3n) is 0.940. The Labute approximate surface area is 78.1 Å². The highest BCUT2D eigenvalue weighted by molar-refractivity contribution is 14.1. The van der Waals surface area contributed by atoms with E-state index < -0.39 is 6.67 Å². The van der Waals surface area contributed by atoms with Gasteiger partial charge in [0.15, 0.2) is 0 Å². The minimum absolute atomic E-state index is 0.0324. The molecule has 1 rings (SSSR count). The van der Waals surface area contributed by atoms with Crippen LogP contribution in [0.25, 0.3) is 0 Å². The van der Waals surface area contributed by atoms with Gasteiger partial charge in [-0.05, 0) is 0 Å². The highest BCUT2D eigenvalue weighted by Gasteiger charge is 2.20. The first kappa shape index (κ1) is 11.5. The summed E-state index contributed by atoms with van der Waals surface area (Å²) in [5, 5.41) is 8.09. The second-order valence-corrected chi connectivity index (χ2v) is 3.81. The summed E-state index contributed by atoms with van der Waals surface area (Å²) >= 11 is 1.84. The van der Waals surface area contributed by atoms with E-state index in [9.17, 15) is 8.78 Å². The van der Waals surface area contributed by atoms with Gasteiger partial charge in [0.1, 0.15) is 19.5 Å². The van der Waals surface area contributed by atoms with Crippen molar-refractivity contribution in [1.29, 1.82) is 0 Å². The standard InChI is InChI=1S/C3H6FIO.C3H5FO/c4-1-3(5)2-6;4-1-3-2-5-3/h3,6H,1-2H2;3H,1-2H2. The molecule has 0 aromatic carbocycles. The van der Waals surface area contributed by atoms with E-state index >= 15 is 0 Å². The molecule has 1 fully saturated rings. The Morgan fingerprint density at radius 3 is 2.18 bits per heavy atom. The lowest BCUT2D eigenvalue weighted by atomic mass is 10.5. The van der Waals surface area contributed by atoms with Crippen LogP contribution in [0.3, 0.4) is 0 Å². The van der Waals surface area contributed by atoms with E-state index in [1.165, 1.54) is 0 Å². The van der Waals surface area contributed by atoms with E-state index in [1.54, 1.807) is 0 Å². The Kier molecular flexibility index (Phi) is 7.51. The fraction of sp³-hybridized carbons (Fsp3) is 1.00. The summed E-state index contributed by atoms with van der Waals surface area (Å²) in [6, 6.07) is 0. The number of aliphatic hydroxyl groups excluding tert-OH is 1. The van der Waals surface area contributed by atoms with Crippen molar-refractivity contribution in [3.05, 3.63) is 0 Å². The third kappa shape index (κ3) is 8.42. The molecule has 0 aromatic heterocycles. The normalized spacial score (nSPS) is 23.5. The molecule has 0 aliphatic carbocycles. The van der Waals surface area contributed by atoms with Crippen molar-refractivity contribution in [3.63, 3.8) is 0 Å². The Hall–Kier alpha value is 0.510. The number of halogens is 3. The van der Waals surface area contributed by atoms with Gasteiger partial charge >= 0.3 is 0 Å². The van der Waals surface area contributed by atoms with Crippen LogP contribution in [0.2, 0.25) is 0 Å². The van der Waals surface area contributed by atoms with E-state index in [0.717, 1.165) is 0 Å². The van der Waals surface area contributed by atoms with Crippen LogP contribution >= 0.6 is 22.6 Å². The monoisotopic (exact) mass is 280 g/mol. The van der Waals surface area contributed by atoms with Crippen molar-refractivity contribution < 1.29 is 18.6 Å². The summed E-state index contributed by atoms with van der Waals surface area (Å²) in [5.41, 5.74) is 0. The smallest absolute Gasteiger partial charge is 0.118 e. The van der Waals surface area contributed by atoms with Gasteiger partial charge in [-0.25, -0.2) is 8.78 Å². The maximum atomic E-state index is 11.2. The van der Waals surface area contributed by atoms with Crippen molar-refractivity contribution in [2.45, 2.75) is 10.0 Å². The minimum atomic E-state index is -0.433. The van der Waals surface area contributed by atoms with Crippen LogP contribution in [0.4, 0.5) is 8.78 Å². The van der Waals surface area contributed by atoms with Gasteiger partial charge in [-0.1, -0.05) is 22.6 Å². The second kappa shape index (κ2) is 7.17. The molecule has 1 aliphatic rings. The molecular weight excluding hydrogens is 269 g/mol. The molecule has 2 nitrogen and oxygen atoms in total. The SMILES string of the molecule is FCC1CO1.OCC(I)CF. The van der Waals surface area contributed by atoms with Gasteiger partial charge in [0.25, 0.3) is 0 Å². The largest absolute Gasteiger partial charge is 0.395 e. The van der Waals surface area contributed by atoms with E-state index in [1.807, 2.05) is 22.6 Å². The molecule has 0 saturated carbocycles. The first-order valence-corrected chi connectivity index (χ1v) is 4.47. The Bertz CT molecular complexity index is 86.7. The molecule has 0 aromatic rings. The average Bonchev–Trinajstić information content (AvgIpc) is 2.86. The quantitative estimate of drug-likeness (QED) is 0.477. The lowest BCUT2D eigenvalue weighted by molar-refractivity contribution is 0.281. The predicted octanol–water partition coefficient (Wildman–Crippen LogP) is 1.11. The Morgan fingerprint density at radius 1 is 1.64 bits per heavy atom. The van der Waals surface area contributed by atoms with Crippen molar-refractivity contribution in [2.75, 3.05) is 26.6 Å². The molecule has 2 unspecified atom stereocenters. The fourth-order valence-electron chi connectivity index (χ4n) is 0.206. The number of hydrogen-bond acceptors (Lipinski definition) is 2. The van der Waals surface area contributed by atoms with Crippen LogP contribution in [0, 0.1) is 0 Å². The summed E-state index contributed by atoms with van der Waals surface area (Å²) in [6.45, 7) is -0.162. The van der Waals surface area contributed by atoms with Crippen LogP contribution in [0.15, 0.2) is 0 Å². The fourth-order valence-corrected chi connectivity index (χ4v) is 0.206. The van der Waals surface area contributed by atoms with Crippen molar-refractivity contribution in [1.82, 2.24) is 0 Å². The van der Waals surface area contributed by atoms with Gasteiger partial charge in [0.05, 0.1) is 17.1 Å². The first-order chi connectivity index (χ1) is 5.24. The number of alkyl halides is 3. The lowest BCUT2D eigenvalue weighted by Crippen LogP contribution is -2.04. The van der Waals surface area contributed by atoms with Gasteiger partial charge in [-0.3, -0.25) is 0 Å². The molecule has 1 saturated heterocycles. The zero-order chi connectivity index (χ0) is 8.69. The van der Waals surface area contributed by atoms with Crippen molar-refractivity contribution >= 4 is 22.6 Å². The molecule has 1 heterocycles. The zero-order valence-electron chi connectivity index (χ0n) is 5.97. The van der Waals surface area contributed by atoms with Crippen LogP contribution in [0.5, 0.6) is 0 Å². The summed E-state index contributed by atoms with van der Waals surface area (Å²) in [5.74, 6) is 0. The molecule has 1 aliphatic heterocycles. The molecule has 1 N–H and O–H groups in total. The molecule has 0 spiro atoms. The van der Waals surface area contributed by atoms with Gasteiger partial charge < -0.3 is 9.84 Å². The number of epoxide rings is 1. The Balaban J connectivity index is 0.000000183.